The predicted octanol–water partition coefficient (Wildman–Crippen LogP) is 2.45. The van der Waals surface area contributed by atoms with Gasteiger partial charge in [-0.25, -0.2) is 0 Å². The second-order valence-electron chi connectivity index (χ2n) is 4.89. The molecule has 1 aliphatic carbocycles. The van der Waals surface area contributed by atoms with E-state index < -0.39 is 0 Å². The summed E-state index contributed by atoms with van der Waals surface area (Å²) in [7, 11) is 1.69. The van der Waals surface area contributed by atoms with E-state index in [0.717, 1.165) is 12.2 Å². The lowest BCUT2D eigenvalue weighted by molar-refractivity contribution is 0.174. The van der Waals surface area contributed by atoms with Crippen LogP contribution in [0, 0.1) is 0 Å². The largest absolute Gasteiger partial charge is 0.497 e. The molecule has 1 aromatic heterocycles. The molecule has 0 fully saturated rings. The Morgan fingerprint density at radius 2 is 2.17 bits per heavy atom. The van der Waals surface area contributed by atoms with Gasteiger partial charge in [-0.05, 0) is 42.3 Å². The Morgan fingerprint density at radius 1 is 1.33 bits per heavy atom. The summed E-state index contributed by atoms with van der Waals surface area (Å²) in [4.78, 5) is 0. The Labute approximate surface area is 107 Å². The van der Waals surface area contributed by atoms with Crippen LogP contribution in [-0.4, -0.2) is 22.9 Å². The van der Waals surface area contributed by atoms with Crippen LogP contribution in [-0.2, 0) is 13.0 Å². The summed E-state index contributed by atoms with van der Waals surface area (Å²) in [6.45, 7) is 2.46. The Hall–Kier alpha value is -1.74. The fraction of sp³-hybridized carbons (Fsp3) is 0.333. The van der Waals surface area contributed by atoms with Gasteiger partial charge in [-0.1, -0.05) is 0 Å². The summed E-state index contributed by atoms with van der Waals surface area (Å²) < 4.78 is 7.40. The van der Waals surface area contributed by atoms with Crippen molar-refractivity contribution < 1.29 is 9.84 Å². The van der Waals surface area contributed by atoms with Crippen molar-refractivity contribution >= 4 is 0 Å². The molecule has 18 heavy (non-hydrogen) atoms. The van der Waals surface area contributed by atoms with Crippen molar-refractivity contribution in [2.75, 3.05) is 7.11 Å². The molecular weight excluding hydrogens is 226 g/mol. The lowest BCUT2D eigenvalue weighted by atomic mass is 10.1. The first-order valence-electron chi connectivity index (χ1n) is 6.22. The van der Waals surface area contributed by atoms with Crippen LogP contribution in [0.25, 0.3) is 11.3 Å². The normalized spacial score (nSPS) is 14.2. The van der Waals surface area contributed by atoms with Gasteiger partial charge in [-0.2, -0.15) is 0 Å². The maximum atomic E-state index is 9.54. The molecule has 0 saturated heterocycles. The average molecular weight is 243 g/mol. The van der Waals surface area contributed by atoms with Crippen molar-refractivity contribution in [1.82, 2.24) is 4.57 Å². The standard InChI is InChI=1S/C15H17NO2/c1-10(17)9-16-6-5-11-7-12-8-13(18-2)3-4-14(12)15(11)16/h3-6,8,10,17H,7,9H2,1-2H3/t10-/m0/s1. The molecule has 0 saturated carbocycles. The minimum Gasteiger partial charge on any atom is -0.497 e. The van der Waals surface area contributed by atoms with Crippen LogP contribution in [0.5, 0.6) is 5.75 Å². The van der Waals surface area contributed by atoms with Gasteiger partial charge in [-0.15, -0.1) is 0 Å². The van der Waals surface area contributed by atoms with Crippen molar-refractivity contribution in [3.63, 3.8) is 0 Å². The summed E-state index contributed by atoms with van der Waals surface area (Å²) >= 11 is 0. The Morgan fingerprint density at radius 3 is 2.89 bits per heavy atom. The monoisotopic (exact) mass is 243 g/mol. The fourth-order valence-electron chi connectivity index (χ4n) is 2.70. The number of methoxy groups -OCH3 is 1. The molecule has 0 amide bonds. The predicted molar refractivity (Wildman–Crippen MR) is 70.9 cm³/mol. The first-order chi connectivity index (χ1) is 8.69. The average Bonchev–Trinajstić information content (AvgIpc) is 2.87. The van der Waals surface area contributed by atoms with E-state index in [1.165, 1.54) is 22.4 Å². The summed E-state index contributed by atoms with van der Waals surface area (Å²) in [5, 5.41) is 9.54. The molecule has 0 aliphatic heterocycles. The third-order valence-electron chi connectivity index (χ3n) is 3.46. The highest BCUT2D eigenvalue weighted by molar-refractivity contribution is 5.75. The van der Waals surface area contributed by atoms with Gasteiger partial charge >= 0.3 is 0 Å². The van der Waals surface area contributed by atoms with Crippen LogP contribution in [0.2, 0.25) is 0 Å². The zero-order valence-electron chi connectivity index (χ0n) is 10.7. The number of hydrogen-bond acceptors (Lipinski definition) is 2. The van der Waals surface area contributed by atoms with Gasteiger partial charge < -0.3 is 14.4 Å². The topological polar surface area (TPSA) is 34.4 Å². The molecule has 0 spiro atoms. The molecule has 1 N–H and O–H groups in total. The molecule has 2 aromatic rings. The quantitative estimate of drug-likeness (QED) is 0.766. The van der Waals surface area contributed by atoms with Gasteiger partial charge in [0.1, 0.15) is 5.75 Å². The first-order valence-corrected chi connectivity index (χ1v) is 6.22. The molecule has 0 unspecified atom stereocenters. The van der Waals surface area contributed by atoms with Gasteiger partial charge in [0, 0.05) is 24.7 Å². The van der Waals surface area contributed by atoms with Gasteiger partial charge in [0.25, 0.3) is 0 Å². The molecule has 3 rings (SSSR count). The summed E-state index contributed by atoms with van der Waals surface area (Å²) in [5.74, 6) is 0.904. The van der Waals surface area contributed by atoms with Crippen LogP contribution in [0.15, 0.2) is 30.5 Å². The SMILES string of the molecule is COc1ccc2c(c1)Cc1ccn(C[C@H](C)O)c1-2. The maximum Gasteiger partial charge on any atom is 0.119 e. The zero-order chi connectivity index (χ0) is 12.7. The second kappa shape index (κ2) is 4.18. The van der Waals surface area contributed by atoms with E-state index in [1.54, 1.807) is 7.11 Å². The molecule has 0 bridgehead atoms. The summed E-state index contributed by atoms with van der Waals surface area (Å²) in [6.07, 6.45) is 2.68. The number of ether oxygens (including phenoxy) is 1. The number of rotatable bonds is 3. The Kier molecular flexibility index (Phi) is 2.63. The van der Waals surface area contributed by atoms with E-state index in [9.17, 15) is 5.11 Å². The number of fused-ring (bicyclic) bond motifs is 3. The zero-order valence-corrected chi connectivity index (χ0v) is 10.7. The van der Waals surface area contributed by atoms with E-state index in [4.69, 9.17) is 4.74 Å². The molecule has 1 atom stereocenters. The van der Waals surface area contributed by atoms with Crippen LogP contribution < -0.4 is 4.74 Å². The molecular formula is C15H17NO2. The van der Waals surface area contributed by atoms with E-state index in [1.807, 2.05) is 13.0 Å². The van der Waals surface area contributed by atoms with Gasteiger partial charge in [0.2, 0.25) is 0 Å². The number of aromatic nitrogens is 1. The molecule has 0 radical (unpaired) electrons. The van der Waals surface area contributed by atoms with Gasteiger partial charge in [0.15, 0.2) is 0 Å². The van der Waals surface area contributed by atoms with Crippen LogP contribution in [0.4, 0.5) is 0 Å². The van der Waals surface area contributed by atoms with E-state index in [0.29, 0.717) is 6.54 Å². The number of nitrogens with zero attached hydrogens (tertiary/aromatic N) is 1. The third-order valence-corrected chi connectivity index (χ3v) is 3.46. The second-order valence-corrected chi connectivity index (χ2v) is 4.89. The highest BCUT2D eigenvalue weighted by Crippen LogP contribution is 2.39. The van der Waals surface area contributed by atoms with E-state index in [-0.39, 0.29) is 6.10 Å². The molecule has 94 valence electrons. The number of aliphatic hydroxyl groups is 1. The van der Waals surface area contributed by atoms with Gasteiger partial charge in [0.05, 0.1) is 18.9 Å². The lowest BCUT2D eigenvalue weighted by Gasteiger charge is -2.11. The van der Waals surface area contributed by atoms with Crippen LogP contribution in [0.3, 0.4) is 0 Å². The smallest absolute Gasteiger partial charge is 0.119 e. The van der Waals surface area contributed by atoms with E-state index in [2.05, 4.69) is 29.0 Å². The highest BCUT2D eigenvalue weighted by atomic mass is 16.5. The lowest BCUT2D eigenvalue weighted by Crippen LogP contribution is -2.11. The Balaban J connectivity index is 2.05. The molecule has 3 heteroatoms. The third kappa shape index (κ3) is 1.71. The number of aliphatic hydroxyl groups excluding tert-OH is 1. The Bertz CT molecular complexity index is 584. The first kappa shape index (κ1) is 11.4. The minimum atomic E-state index is -0.330. The van der Waals surface area contributed by atoms with Crippen molar-refractivity contribution in [2.24, 2.45) is 0 Å². The summed E-state index contributed by atoms with van der Waals surface area (Å²) in [6, 6.07) is 8.35. The number of benzene rings is 1. The fourth-order valence-corrected chi connectivity index (χ4v) is 2.70. The molecule has 3 nitrogen and oxygen atoms in total. The van der Waals surface area contributed by atoms with Crippen LogP contribution in [0.1, 0.15) is 18.1 Å². The summed E-state index contributed by atoms with van der Waals surface area (Å²) in [5.41, 5.74) is 5.14. The molecule has 1 aliphatic rings. The highest BCUT2D eigenvalue weighted by Gasteiger charge is 2.22. The maximum absolute atomic E-state index is 9.54. The van der Waals surface area contributed by atoms with Crippen molar-refractivity contribution in [3.05, 3.63) is 41.6 Å². The van der Waals surface area contributed by atoms with E-state index >= 15 is 0 Å². The van der Waals surface area contributed by atoms with Gasteiger partial charge in [-0.3, -0.25) is 0 Å². The minimum absolute atomic E-state index is 0.330. The molecule has 1 aromatic carbocycles. The van der Waals surface area contributed by atoms with Crippen molar-refractivity contribution in [3.8, 4) is 17.0 Å². The van der Waals surface area contributed by atoms with Crippen LogP contribution >= 0.6 is 0 Å². The molecule has 1 heterocycles. The van der Waals surface area contributed by atoms with Crippen molar-refractivity contribution in [1.29, 1.82) is 0 Å². The van der Waals surface area contributed by atoms with Crippen molar-refractivity contribution in [2.45, 2.75) is 26.0 Å². The number of hydrogen-bond donors (Lipinski definition) is 1.